The van der Waals surface area contributed by atoms with Crippen molar-refractivity contribution >= 4 is 68.7 Å². The molecule has 1 saturated carbocycles. The van der Waals surface area contributed by atoms with Gasteiger partial charge in [0.2, 0.25) is 17.8 Å². The lowest BCUT2D eigenvalue weighted by atomic mass is 9.68. The predicted octanol–water partition coefficient (Wildman–Crippen LogP) is 4.52. The van der Waals surface area contributed by atoms with Crippen LogP contribution in [0.3, 0.4) is 0 Å². The molecule has 3 amide bonds. The maximum Gasteiger partial charge on any atom is 0.294 e. The second kappa shape index (κ2) is 14.7. The number of nitrogens with one attached hydrogen (secondary N) is 3. The zero-order valence-electron chi connectivity index (χ0n) is 31.6. The van der Waals surface area contributed by atoms with Crippen LogP contribution in [-0.2, 0) is 21.4 Å². The zero-order valence-corrected chi connectivity index (χ0v) is 32.4. The molecule has 6 heterocycles. The summed E-state index contributed by atoms with van der Waals surface area (Å²) in [4.78, 5) is 65.2. The summed E-state index contributed by atoms with van der Waals surface area (Å²) in [6.07, 6.45) is 7.92. The number of imide groups is 1. The third-order valence-electron chi connectivity index (χ3n) is 11.0. The summed E-state index contributed by atoms with van der Waals surface area (Å²) in [5, 5.41) is 14.7. The largest absolute Gasteiger partial charge is 0.490 e. The van der Waals surface area contributed by atoms with Gasteiger partial charge in [0.25, 0.3) is 11.5 Å². The van der Waals surface area contributed by atoms with Crippen molar-refractivity contribution in [3.63, 3.8) is 0 Å². The number of hydrogen-bond donors (Lipinski definition) is 3. The van der Waals surface area contributed by atoms with E-state index in [1.54, 1.807) is 23.1 Å². The Bertz CT molecular complexity index is 2430. The van der Waals surface area contributed by atoms with E-state index >= 15 is 0 Å². The Morgan fingerprint density at radius 1 is 1.07 bits per heavy atom. The molecule has 56 heavy (non-hydrogen) atoms. The minimum Gasteiger partial charge on any atom is -0.490 e. The van der Waals surface area contributed by atoms with Crippen LogP contribution < -0.4 is 35.9 Å². The summed E-state index contributed by atoms with van der Waals surface area (Å²) in [5.41, 5.74) is 2.45. The van der Waals surface area contributed by atoms with Gasteiger partial charge in [0.05, 0.1) is 41.3 Å². The fourth-order valence-electron chi connectivity index (χ4n) is 8.09. The van der Waals surface area contributed by atoms with Crippen molar-refractivity contribution in [3.05, 3.63) is 63.8 Å². The molecule has 1 spiro atoms. The van der Waals surface area contributed by atoms with E-state index in [1.807, 2.05) is 45.2 Å². The molecule has 5 aromatic rings. The number of hydrogen-bond acceptors (Lipinski definition) is 12. The maximum absolute atomic E-state index is 13.2. The van der Waals surface area contributed by atoms with Crippen LogP contribution in [0.4, 0.5) is 17.5 Å². The number of nitrogens with zero attached hydrogens (tertiary/aromatic N) is 7. The van der Waals surface area contributed by atoms with Crippen molar-refractivity contribution in [3.8, 4) is 11.5 Å². The molecule has 8 rings (SSSR count). The minimum atomic E-state index is -0.450. The van der Waals surface area contributed by atoms with Crippen LogP contribution in [0.1, 0.15) is 70.0 Å². The van der Waals surface area contributed by atoms with Crippen molar-refractivity contribution in [2.24, 2.45) is 12.5 Å². The molecule has 1 aliphatic carbocycles. The molecule has 0 radical (unpaired) electrons. The Labute approximate surface area is 326 Å². The summed E-state index contributed by atoms with van der Waals surface area (Å²) in [6, 6.07) is 9.10. The topological polar surface area (TPSA) is 187 Å². The van der Waals surface area contributed by atoms with Gasteiger partial charge in [-0.05, 0) is 70.2 Å². The van der Waals surface area contributed by atoms with Gasteiger partial charge in [-0.3, -0.25) is 33.7 Å². The van der Waals surface area contributed by atoms with Crippen LogP contribution in [0.25, 0.3) is 21.9 Å². The van der Waals surface area contributed by atoms with E-state index in [9.17, 15) is 19.2 Å². The minimum absolute atomic E-state index is 0.0525. The highest BCUT2D eigenvalue weighted by Gasteiger charge is 2.46. The summed E-state index contributed by atoms with van der Waals surface area (Å²) in [7, 11) is 3.36. The first-order chi connectivity index (χ1) is 26.9. The highest BCUT2D eigenvalue weighted by atomic mass is 35.5. The van der Waals surface area contributed by atoms with Crippen LogP contribution in [0.2, 0.25) is 5.02 Å². The lowest BCUT2D eigenvalue weighted by Gasteiger charge is -2.53. The molecule has 1 unspecified atom stereocenters. The number of aryl methyl sites for hydroxylation is 1. The standard InChI is InChI=1S/C39H43ClN10O6/c1-21(2)50-35-22(14-30(37(50)54)55-18-32(52)41-3)13-23(16-42-35)44-34-28(40)17-43-38(46-34)49-19-39(20-49)11-9-24(10-12-39)56-25-5-6-26-29(15-25)48(4)47-33(26)27-7-8-31(51)45-36(27)53/h5-6,13-17,21,24,27H,7-12,18-20H2,1-4H3,(H,41,52)(H,43,44,46)(H,45,51,53). The van der Waals surface area contributed by atoms with Gasteiger partial charge < -0.3 is 25.0 Å². The third kappa shape index (κ3) is 7.08. The molecule has 0 bridgehead atoms. The van der Waals surface area contributed by atoms with Gasteiger partial charge in [-0.1, -0.05) is 11.6 Å². The van der Waals surface area contributed by atoms with E-state index in [0.717, 1.165) is 55.4 Å². The van der Waals surface area contributed by atoms with Gasteiger partial charge in [-0.2, -0.15) is 10.1 Å². The molecular weight excluding hydrogens is 740 g/mol. The monoisotopic (exact) mass is 782 g/mol. The van der Waals surface area contributed by atoms with E-state index in [-0.39, 0.29) is 53.2 Å². The summed E-state index contributed by atoms with van der Waals surface area (Å²) < 4.78 is 15.4. The number of aromatic nitrogens is 6. The van der Waals surface area contributed by atoms with E-state index < -0.39 is 5.92 Å². The fourth-order valence-corrected chi connectivity index (χ4v) is 8.22. The molecule has 1 aromatic carbocycles. The molecule has 292 valence electrons. The van der Waals surface area contributed by atoms with Gasteiger partial charge in [-0.15, -0.1) is 0 Å². The number of benzene rings is 1. The van der Waals surface area contributed by atoms with Crippen LogP contribution in [0.15, 0.2) is 47.5 Å². The van der Waals surface area contributed by atoms with Gasteiger partial charge in [0.1, 0.15) is 16.4 Å². The number of anilines is 3. The quantitative estimate of drug-likeness (QED) is 0.168. The first-order valence-corrected chi connectivity index (χ1v) is 19.2. The fraction of sp³-hybridized carbons (Fsp3) is 0.436. The lowest BCUT2D eigenvalue weighted by Crippen LogP contribution is -2.58. The number of rotatable bonds is 10. The summed E-state index contributed by atoms with van der Waals surface area (Å²) in [5.74, 6) is 0.493. The number of ether oxygens (including phenoxy) is 2. The average molecular weight is 783 g/mol. The molecule has 3 N–H and O–H groups in total. The van der Waals surface area contributed by atoms with Gasteiger partial charge in [0, 0.05) is 61.9 Å². The van der Waals surface area contributed by atoms with Crippen molar-refractivity contribution in [1.29, 1.82) is 0 Å². The highest BCUT2D eigenvalue weighted by Crippen LogP contribution is 2.46. The Hall–Kier alpha value is -5.77. The molecule has 17 heteroatoms. The first kappa shape index (κ1) is 37.2. The number of amides is 3. The number of halogens is 1. The number of pyridine rings is 2. The first-order valence-electron chi connectivity index (χ1n) is 18.8. The van der Waals surface area contributed by atoms with Crippen LogP contribution >= 0.6 is 11.6 Å². The molecule has 4 aromatic heterocycles. The highest BCUT2D eigenvalue weighted by molar-refractivity contribution is 6.33. The Morgan fingerprint density at radius 3 is 2.59 bits per heavy atom. The molecule has 3 fully saturated rings. The summed E-state index contributed by atoms with van der Waals surface area (Å²) >= 11 is 6.56. The third-order valence-corrected chi connectivity index (χ3v) is 11.3. The van der Waals surface area contributed by atoms with E-state index in [1.165, 1.54) is 11.6 Å². The second-order valence-electron chi connectivity index (χ2n) is 15.2. The van der Waals surface area contributed by atoms with E-state index in [0.29, 0.717) is 52.0 Å². The van der Waals surface area contributed by atoms with Crippen molar-refractivity contribution in [1.82, 2.24) is 39.9 Å². The molecule has 2 saturated heterocycles. The number of likely N-dealkylation sites (N-methyl/N-ethyl adjacent to an activating group) is 1. The normalized spacial score (nSPS) is 18.3. The molecule has 3 aliphatic rings. The predicted molar refractivity (Wildman–Crippen MR) is 210 cm³/mol. The van der Waals surface area contributed by atoms with Crippen molar-refractivity contribution in [2.45, 2.75) is 70.4 Å². The molecule has 1 atom stereocenters. The Morgan fingerprint density at radius 2 is 1.86 bits per heavy atom. The number of carbonyl (C=O) groups is 3. The Balaban J connectivity index is 0.902. The van der Waals surface area contributed by atoms with Crippen molar-refractivity contribution < 1.29 is 23.9 Å². The maximum atomic E-state index is 13.2. The second-order valence-corrected chi connectivity index (χ2v) is 15.6. The SMILES string of the molecule is CNC(=O)COc1cc2cc(Nc3nc(N4CC5(CCC(Oc6ccc7c(C8CCC(=O)NC8=O)nn(C)c7c6)CC5)C4)ncc3Cl)cnc2n(C(C)C)c1=O. The molecule has 16 nitrogen and oxygen atoms in total. The van der Waals surface area contributed by atoms with Crippen LogP contribution in [0.5, 0.6) is 11.5 Å². The van der Waals surface area contributed by atoms with Crippen LogP contribution in [-0.4, -0.2) is 79.9 Å². The van der Waals surface area contributed by atoms with Crippen LogP contribution in [0, 0.1) is 5.41 Å². The van der Waals surface area contributed by atoms with Gasteiger partial charge in [-0.25, -0.2) is 9.97 Å². The number of carbonyl (C=O) groups excluding carboxylic acids is 3. The number of fused-ring (bicyclic) bond motifs is 2. The Kier molecular flexibility index (Phi) is 9.76. The van der Waals surface area contributed by atoms with Crippen molar-refractivity contribution in [2.75, 3.05) is 37.0 Å². The lowest BCUT2D eigenvalue weighted by molar-refractivity contribution is -0.134. The van der Waals surface area contributed by atoms with E-state index in [2.05, 4.69) is 35.9 Å². The smallest absolute Gasteiger partial charge is 0.294 e. The average Bonchev–Trinajstić information content (AvgIpc) is 3.48. The molecule has 2 aliphatic heterocycles. The number of piperidine rings is 1. The van der Waals surface area contributed by atoms with E-state index in [4.69, 9.17) is 26.1 Å². The van der Waals surface area contributed by atoms with Gasteiger partial charge >= 0.3 is 0 Å². The molecular formula is C39H43ClN10O6. The summed E-state index contributed by atoms with van der Waals surface area (Å²) in [6.45, 7) is 5.13. The van der Waals surface area contributed by atoms with Gasteiger partial charge in [0.15, 0.2) is 18.2 Å². The zero-order chi connectivity index (χ0) is 39.3.